The van der Waals surface area contributed by atoms with Crippen molar-refractivity contribution in [1.29, 1.82) is 0 Å². The van der Waals surface area contributed by atoms with E-state index in [1.807, 2.05) is 11.1 Å². The molecular formula is C52H61N. The highest BCUT2D eigenvalue weighted by Crippen LogP contribution is 2.67. The molecule has 0 N–H and O–H groups in total. The molecular weight excluding hydrogens is 639 g/mol. The van der Waals surface area contributed by atoms with E-state index in [9.17, 15) is 0 Å². The molecule has 2 aromatic carbocycles. The smallest absolute Gasteiger partial charge is 0.0374 e. The molecule has 0 radical (unpaired) electrons. The van der Waals surface area contributed by atoms with Crippen molar-refractivity contribution in [2.75, 3.05) is 4.90 Å². The normalized spacial score (nSPS) is 32.6. The van der Waals surface area contributed by atoms with E-state index in [4.69, 9.17) is 0 Å². The first-order valence-corrected chi connectivity index (χ1v) is 21.9. The zero-order chi connectivity index (χ0) is 35.6. The van der Waals surface area contributed by atoms with Crippen LogP contribution < -0.4 is 4.90 Å². The Morgan fingerprint density at radius 1 is 0.698 bits per heavy atom. The molecule has 1 fully saturated rings. The summed E-state index contributed by atoms with van der Waals surface area (Å²) >= 11 is 0. The van der Waals surface area contributed by atoms with Gasteiger partial charge in [-0.05, 0) is 166 Å². The monoisotopic (exact) mass is 699 g/mol. The first-order valence-electron chi connectivity index (χ1n) is 21.9. The molecule has 2 aromatic rings. The van der Waals surface area contributed by atoms with E-state index in [2.05, 4.69) is 116 Å². The van der Waals surface area contributed by atoms with Crippen LogP contribution in [0.15, 0.2) is 125 Å². The van der Waals surface area contributed by atoms with Gasteiger partial charge >= 0.3 is 0 Å². The van der Waals surface area contributed by atoms with Crippen molar-refractivity contribution in [2.24, 2.45) is 23.2 Å². The number of allylic oxidation sites excluding steroid dienone is 13. The SMILES string of the molecule is CC1(C)c2ccccc2-c2ccc(N(C3CC=C(C4=CC=CCC4)CC3)C3CCCC(C4(C5=CCCCC5)C5=C(C=CCC5)C5C=CCCC54)C3)cc21. The summed E-state index contributed by atoms with van der Waals surface area (Å²) in [6.07, 6.45) is 44.8. The van der Waals surface area contributed by atoms with Gasteiger partial charge in [-0.1, -0.05) is 116 Å². The van der Waals surface area contributed by atoms with E-state index < -0.39 is 0 Å². The minimum Gasteiger partial charge on any atom is -0.365 e. The maximum absolute atomic E-state index is 3.04. The van der Waals surface area contributed by atoms with Crippen molar-refractivity contribution in [2.45, 2.75) is 141 Å². The van der Waals surface area contributed by atoms with Crippen LogP contribution in [0.3, 0.4) is 0 Å². The summed E-state index contributed by atoms with van der Waals surface area (Å²) in [5.41, 5.74) is 16.4. The number of anilines is 1. The largest absolute Gasteiger partial charge is 0.365 e. The van der Waals surface area contributed by atoms with Crippen LogP contribution >= 0.6 is 0 Å². The third-order valence-corrected chi connectivity index (χ3v) is 15.6. The topological polar surface area (TPSA) is 3.24 Å². The minimum atomic E-state index is 0.0194. The van der Waals surface area contributed by atoms with Crippen molar-refractivity contribution in [3.63, 3.8) is 0 Å². The van der Waals surface area contributed by atoms with Crippen molar-refractivity contribution in [3.8, 4) is 11.1 Å². The second kappa shape index (κ2) is 13.6. The molecule has 0 bridgehead atoms. The molecule has 53 heavy (non-hydrogen) atoms. The zero-order valence-corrected chi connectivity index (χ0v) is 32.6. The molecule has 0 heterocycles. The molecule has 274 valence electrons. The third-order valence-electron chi connectivity index (χ3n) is 15.6. The Morgan fingerprint density at radius 2 is 1.60 bits per heavy atom. The molecule has 0 aromatic heterocycles. The summed E-state index contributed by atoms with van der Waals surface area (Å²) in [4.78, 5) is 3.04. The van der Waals surface area contributed by atoms with Crippen LogP contribution in [0.25, 0.3) is 11.1 Å². The fourth-order valence-corrected chi connectivity index (χ4v) is 13.4. The quantitative estimate of drug-likeness (QED) is 0.271. The Balaban J connectivity index is 1.06. The van der Waals surface area contributed by atoms with E-state index >= 15 is 0 Å². The summed E-state index contributed by atoms with van der Waals surface area (Å²) in [7, 11) is 0. The molecule has 0 amide bonds. The lowest BCUT2D eigenvalue weighted by atomic mass is 9.52. The van der Waals surface area contributed by atoms with Gasteiger partial charge in [0.1, 0.15) is 0 Å². The molecule has 1 nitrogen and oxygen atoms in total. The molecule has 8 aliphatic carbocycles. The zero-order valence-electron chi connectivity index (χ0n) is 32.6. The van der Waals surface area contributed by atoms with Gasteiger partial charge in [-0.15, -0.1) is 0 Å². The van der Waals surface area contributed by atoms with Crippen LogP contribution in [-0.2, 0) is 5.41 Å². The first kappa shape index (κ1) is 33.9. The highest BCUT2D eigenvalue weighted by molar-refractivity contribution is 5.82. The fraction of sp³-hybridized carbons (Fsp3) is 0.500. The number of fused-ring (bicyclic) bond motifs is 5. The van der Waals surface area contributed by atoms with Gasteiger partial charge in [0, 0.05) is 34.5 Å². The van der Waals surface area contributed by atoms with Crippen LogP contribution in [0.4, 0.5) is 5.69 Å². The van der Waals surface area contributed by atoms with E-state index in [0.717, 1.165) is 11.8 Å². The number of hydrogen-bond acceptors (Lipinski definition) is 1. The average molecular weight is 700 g/mol. The van der Waals surface area contributed by atoms with Gasteiger partial charge in [0.2, 0.25) is 0 Å². The summed E-state index contributed by atoms with van der Waals surface area (Å²) in [6.45, 7) is 4.93. The molecule has 6 atom stereocenters. The predicted molar refractivity (Wildman–Crippen MR) is 224 cm³/mol. The first-order chi connectivity index (χ1) is 26.0. The van der Waals surface area contributed by atoms with Gasteiger partial charge in [0.05, 0.1) is 0 Å². The Kier molecular flexibility index (Phi) is 8.72. The van der Waals surface area contributed by atoms with E-state index in [1.165, 1.54) is 137 Å². The number of benzene rings is 2. The maximum Gasteiger partial charge on any atom is 0.0374 e. The van der Waals surface area contributed by atoms with Gasteiger partial charge in [-0.2, -0.15) is 0 Å². The van der Waals surface area contributed by atoms with E-state index in [0.29, 0.717) is 18.0 Å². The lowest BCUT2D eigenvalue weighted by Crippen LogP contribution is -2.50. The van der Waals surface area contributed by atoms with Crippen molar-refractivity contribution >= 4 is 5.69 Å². The Hall–Kier alpha value is -3.58. The second-order valence-electron chi connectivity index (χ2n) is 18.5. The van der Waals surface area contributed by atoms with Gasteiger partial charge in [0.15, 0.2) is 0 Å². The molecule has 8 aliphatic rings. The highest BCUT2D eigenvalue weighted by atomic mass is 15.2. The van der Waals surface area contributed by atoms with Crippen LogP contribution in [0, 0.1) is 23.2 Å². The summed E-state index contributed by atoms with van der Waals surface area (Å²) in [5, 5.41) is 0. The number of nitrogens with zero attached hydrogens (tertiary/aromatic N) is 1. The predicted octanol–water partition coefficient (Wildman–Crippen LogP) is 13.8. The lowest BCUT2D eigenvalue weighted by molar-refractivity contribution is 0.0934. The van der Waals surface area contributed by atoms with E-state index in [-0.39, 0.29) is 10.8 Å². The minimum absolute atomic E-state index is 0.0194. The standard InChI is InChI=1S/C52H61N/c1-51(2)47-25-12-9-22-43(47)46-33-32-42(35-50(46)51)53(40-30-28-37(29-31-40)36-16-5-3-6-17-36)41-21-15-20-39(34-41)52(38-18-7-4-8-19-38)48-26-13-10-23-44(48)45-24-11-14-27-49(45)52/h3,5,9-12,16,18,22-25,28,32-33,35,39-41,44,48H,4,6-8,13-15,17,19-21,26-27,29-31,34H2,1-2H3. The van der Waals surface area contributed by atoms with Crippen molar-refractivity contribution < 1.29 is 0 Å². The highest BCUT2D eigenvalue weighted by Gasteiger charge is 2.58. The van der Waals surface area contributed by atoms with E-state index in [1.54, 1.807) is 16.7 Å². The Bertz CT molecular complexity index is 1990. The molecule has 10 rings (SSSR count). The Morgan fingerprint density at radius 3 is 2.45 bits per heavy atom. The summed E-state index contributed by atoms with van der Waals surface area (Å²) in [5.74, 6) is 2.11. The van der Waals surface area contributed by atoms with Gasteiger partial charge in [-0.25, -0.2) is 0 Å². The molecule has 0 saturated heterocycles. The number of hydrogen-bond donors (Lipinski definition) is 0. The van der Waals surface area contributed by atoms with Gasteiger partial charge < -0.3 is 4.90 Å². The molecule has 0 spiro atoms. The van der Waals surface area contributed by atoms with Gasteiger partial charge in [0.25, 0.3) is 0 Å². The maximum atomic E-state index is 3.04. The molecule has 6 unspecified atom stereocenters. The molecule has 1 saturated carbocycles. The Labute approximate surface area is 320 Å². The van der Waals surface area contributed by atoms with Crippen molar-refractivity contribution in [3.05, 3.63) is 136 Å². The van der Waals surface area contributed by atoms with Crippen LogP contribution in [0.2, 0.25) is 0 Å². The molecule has 0 aliphatic heterocycles. The average Bonchev–Trinajstić information content (AvgIpc) is 3.65. The summed E-state index contributed by atoms with van der Waals surface area (Å²) < 4.78 is 0. The van der Waals surface area contributed by atoms with Crippen LogP contribution in [0.1, 0.15) is 134 Å². The van der Waals surface area contributed by atoms with Crippen LogP contribution in [0.5, 0.6) is 0 Å². The number of rotatable bonds is 6. The second-order valence-corrected chi connectivity index (χ2v) is 18.5. The molecule has 1 heteroatoms. The van der Waals surface area contributed by atoms with Gasteiger partial charge in [-0.3, -0.25) is 0 Å². The lowest BCUT2D eigenvalue weighted by Gasteiger charge is -2.54. The third kappa shape index (κ3) is 5.45. The van der Waals surface area contributed by atoms with Crippen LogP contribution in [-0.4, -0.2) is 12.1 Å². The van der Waals surface area contributed by atoms with Crippen molar-refractivity contribution in [1.82, 2.24) is 0 Å². The summed E-state index contributed by atoms with van der Waals surface area (Å²) in [6, 6.07) is 18.0. The fourth-order valence-electron chi connectivity index (χ4n) is 13.4.